The zero-order valence-corrected chi connectivity index (χ0v) is 11.6. The van der Waals surface area contributed by atoms with Crippen LogP contribution in [-0.4, -0.2) is 36.8 Å². The van der Waals surface area contributed by atoms with E-state index in [0.29, 0.717) is 18.9 Å². The van der Waals surface area contributed by atoms with E-state index in [0.717, 1.165) is 12.8 Å². The molecule has 0 aliphatic carbocycles. The zero-order valence-electron chi connectivity index (χ0n) is 11.6. The van der Waals surface area contributed by atoms with E-state index in [4.69, 9.17) is 9.84 Å². The van der Waals surface area contributed by atoms with Gasteiger partial charge in [0.1, 0.15) is 11.6 Å². The molecular weight excluding hydrogens is 279 g/mol. The highest BCUT2D eigenvalue weighted by Gasteiger charge is 2.01. The molecule has 6 nitrogen and oxygen atoms in total. The number of rotatable bonds is 9. The van der Waals surface area contributed by atoms with Gasteiger partial charge >= 0.3 is 12.0 Å². The van der Waals surface area contributed by atoms with Crippen LogP contribution in [0, 0.1) is 5.82 Å². The number of carbonyl (C=O) groups excluding carboxylic acids is 1. The second-order valence-electron chi connectivity index (χ2n) is 4.34. The molecule has 0 fully saturated rings. The van der Waals surface area contributed by atoms with Crippen LogP contribution in [0.1, 0.15) is 19.3 Å². The standard InChI is InChI=1S/C14H19FN2O4/c15-11-3-5-12(6-4-11)21-10-2-1-8-16-14(20)17-9-7-13(18)19/h3-6H,1-2,7-10H2,(H,18,19)(H2,16,17,20). The zero-order chi connectivity index (χ0) is 15.5. The minimum atomic E-state index is -0.951. The molecule has 0 aliphatic rings. The number of ether oxygens (including phenoxy) is 1. The van der Waals surface area contributed by atoms with Crippen LogP contribution in [0.25, 0.3) is 0 Å². The van der Waals surface area contributed by atoms with Crippen molar-refractivity contribution in [2.75, 3.05) is 19.7 Å². The molecule has 0 atom stereocenters. The van der Waals surface area contributed by atoms with E-state index in [-0.39, 0.29) is 24.8 Å². The molecule has 0 saturated carbocycles. The lowest BCUT2D eigenvalue weighted by Crippen LogP contribution is -2.37. The summed E-state index contributed by atoms with van der Waals surface area (Å²) in [5.41, 5.74) is 0. The Kier molecular flexibility index (Phi) is 7.63. The van der Waals surface area contributed by atoms with Gasteiger partial charge in [0, 0.05) is 13.1 Å². The molecule has 0 unspecified atom stereocenters. The van der Waals surface area contributed by atoms with E-state index in [1.807, 2.05) is 0 Å². The quantitative estimate of drug-likeness (QED) is 0.606. The van der Waals surface area contributed by atoms with Crippen molar-refractivity contribution in [2.24, 2.45) is 0 Å². The fraction of sp³-hybridized carbons (Fsp3) is 0.429. The van der Waals surface area contributed by atoms with Gasteiger partial charge in [0.15, 0.2) is 0 Å². The first kappa shape index (κ1) is 16.7. The molecule has 3 N–H and O–H groups in total. The van der Waals surface area contributed by atoms with E-state index >= 15 is 0 Å². The summed E-state index contributed by atoms with van der Waals surface area (Å²) in [5.74, 6) is -0.649. The van der Waals surface area contributed by atoms with Gasteiger partial charge in [-0.25, -0.2) is 9.18 Å². The van der Waals surface area contributed by atoms with Crippen molar-refractivity contribution >= 4 is 12.0 Å². The number of hydrogen-bond donors (Lipinski definition) is 3. The first-order valence-electron chi connectivity index (χ1n) is 6.70. The third-order valence-corrected chi connectivity index (χ3v) is 2.56. The molecule has 0 aromatic heterocycles. The lowest BCUT2D eigenvalue weighted by molar-refractivity contribution is -0.136. The first-order chi connectivity index (χ1) is 10.1. The number of carboxylic acids is 1. The summed E-state index contributed by atoms with van der Waals surface area (Å²) < 4.78 is 18.0. The molecule has 7 heteroatoms. The van der Waals surface area contributed by atoms with Crippen LogP contribution in [0.4, 0.5) is 9.18 Å². The lowest BCUT2D eigenvalue weighted by atomic mass is 10.3. The Balaban J connectivity index is 1.98. The molecule has 1 aromatic rings. The van der Waals surface area contributed by atoms with Crippen LogP contribution in [0.5, 0.6) is 5.75 Å². The van der Waals surface area contributed by atoms with Gasteiger partial charge in [-0.3, -0.25) is 4.79 Å². The number of carboxylic acid groups (broad SMARTS) is 1. The molecule has 0 saturated heterocycles. The van der Waals surface area contributed by atoms with E-state index in [2.05, 4.69) is 10.6 Å². The number of hydrogen-bond acceptors (Lipinski definition) is 3. The number of unbranched alkanes of at least 4 members (excludes halogenated alkanes) is 1. The molecule has 0 bridgehead atoms. The van der Waals surface area contributed by atoms with Gasteiger partial charge in [-0.2, -0.15) is 0 Å². The third kappa shape index (κ3) is 8.46. The van der Waals surface area contributed by atoms with Crippen molar-refractivity contribution in [1.29, 1.82) is 0 Å². The number of amides is 2. The Morgan fingerprint density at radius 1 is 1.10 bits per heavy atom. The van der Waals surface area contributed by atoms with Crippen molar-refractivity contribution in [1.82, 2.24) is 10.6 Å². The van der Waals surface area contributed by atoms with E-state index < -0.39 is 5.97 Å². The molecule has 0 aliphatic heterocycles. The van der Waals surface area contributed by atoms with Crippen LogP contribution in [0.2, 0.25) is 0 Å². The van der Waals surface area contributed by atoms with Gasteiger partial charge in [-0.15, -0.1) is 0 Å². The minimum Gasteiger partial charge on any atom is -0.494 e. The van der Waals surface area contributed by atoms with E-state index in [1.54, 1.807) is 12.1 Å². The maximum absolute atomic E-state index is 12.6. The third-order valence-electron chi connectivity index (χ3n) is 2.56. The predicted octanol–water partition coefficient (Wildman–Crippen LogP) is 1.76. The Morgan fingerprint density at radius 3 is 2.43 bits per heavy atom. The molecule has 1 rings (SSSR count). The van der Waals surface area contributed by atoms with E-state index in [1.165, 1.54) is 12.1 Å². The molecule has 1 aromatic carbocycles. The number of benzene rings is 1. The number of urea groups is 1. The smallest absolute Gasteiger partial charge is 0.314 e. The average Bonchev–Trinajstić information content (AvgIpc) is 2.44. The van der Waals surface area contributed by atoms with Crippen molar-refractivity contribution in [3.63, 3.8) is 0 Å². The van der Waals surface area contributed by atoms with Crippen molar-refractivity contribution in [3.8, 4) is 5.75 Å². The highest BCUT2D eigenvalue weighted by Crippen LogP contribution is 2.11. The van der Waals surface area contributed by atoms with Crippen molar-refractivity contribution in [3.05, 3.63) is 30.1 Å². The maximum Gasteiger partial charge on any atom is 0.314 e. The molecule has 21 heavy (non-hydrogen) atoms. The van der Waals surface area contributed by atoms with Gasteiger partial charge in [-0.05, 0) is 37.1 Å². The van der Waals surface area contributed by atoms with Crippen LogP contribution in [0.15, 0.2) is 24.3 Å². The largest absolute Gasteiger partial charge is 0.494 e. The maximum atomic E-state index is 12.6. The van der Waals surface area contributed by atoms with Crippen LogP contribution >= 0.6 is 0 Å². The normalized spacial score (nSPS) is 9.95. The Morgan fingerprint density at radius 2 is 1.76 bits per heavy atom. The van der Waals surface area contributed by atoms with Gasteiger partial charge in [0.25, 0.3) is 0 Å². The summed E-state index contributed by atoms with van der Waals surface area (Å²) in [4.78, 5) is 21.5. The molecule has 116 valence electrons. The lowest BCUT2D eigenvalue weighted by Gasteiger charge is -2.08. The van der Waals surface area contributed by atoms with Gasteiger partial charge in [-0.1, -0.05) is 0 Å². The van der Waals surface area contributed by atoms with Gasteiger partial charge in [0.05, 0.1) is 13.0 Å². The summed E-state index contributed by atoms with van der Waals surface area (Å²) in [7, 11) is 0. The highest BCUT2D eigenvalue weighted by molar-refractivity contribution is 5.74. The molecule has 0 heterocycles. The second kappa shape index (κ2) is 9.57. The Bertz CT molecular complexity index is 451. The predicted molar refractivity (Wildman–Crippen MR) is 74.8 cm³/mol. The summed E-state index contributed by atoms with van der Waals surface area (Å²) in [6, 6.07) is 5.40. The van der Waals surface area contributed by atoms with E-state index in [9.17, 15) is 14.0 Å². The van der Waals surface area contributed by atoms with Crippen molar-refractivity contribution < 1.29 is 23.8 Å². The number of nitrogens with one attached hydrogen (secondary N) is 2. The number of halogens is 1. The Labute approximate surface area is 122 Å². The fourth-order valence-corrected chi connectivity index (χ4v) is 1.50. The average molecular weight is 298 g/mol. The Hall–Kier alpha value is -2.31. The summed E-state index contributed by atoms with van der Waals surface area (Å²) in [6.07, 6.45) is 1.37. The minimum absolute atomic E-state index is 0.0983. The first-order valence-corrected chi connectivity index (χ1v) is 6.70. The van der Waals surface area contributed by atoms with Gasteiger partial charge < -0.3 is 20.5 Å². The van der Waals surface area contributed by atoms with Crippen molar-refractivity contribution in [2.45, 2.75) is 19.3 Å². The second-order valence-corrected chi connectivity index (χ2v) is 4.34. The SMILES string of the molecule is O=C(O)CCNC(=O)NCCCCOc1ccc(F)cc1. The number of aliphatic carboxylic acids is 1. The topological polar surface area (TPSA) is 87.7 Å². The van der Waals surface area contributed by atoms with Crippen LogP contribution in [-0.2, 0) is 4.79 Å². The summed E-state index contributed by atoms with van der Waals surface area (Å²) in [6.45, 7) is 1.06. The monoisotopic (exact) mass is 298 g/mol. The summed E-state index contributed by atoms with van der Waals surface area (Å²) in [5, 5.41) is 13.5. The highest BCUT2D eigenvalue weighted by atomic mass is 19.1. The van der Waals surface area contributed by atoms with Gasteiger partial charge in [0.2, 0.25) is 0 Å². The molecule has 0 spiro atoms. The molecule has 2 amide bonds. The number of carbonyl (C=O) groups is 2. The van der Waals surface area contributed by atoms with Crippen LogP contribution in [0.3, 0.4) is 0 Å². The molecule has 0 radical (unpaired) electrons. The van der Waals surface area contributed by atoms with Crippen LogP contribution < -0.4 is 15.4 Å². The fourth-order valence-electron chi connectivity index (χ4n) is 1.50. The summed E-state index contributed by atoms with van der Waals surface area (Å²) >= 11 is 0. The molecular formula is C14H19FN2O4.